The molecular formula is C17H16N2O6. The van der Waals surface area contributed by atoms with Crippen LogP contribution in [0.5, 0.6) is 5.75 Å². The van der Waals surface area contributed by atoms with Gasteiger partial charge in [0.2, 0.25) is 0 Å². The molecule has 1 atom stereocenters. The van der Waals surface area contributed by atoms with E-state index < -0.39 is 23.8 Å². The lowest BCUT2D eigenvalue weighted by molar-refractivity contribution is -0.139. The third kappa shape index (κ3) is 3.47. The molecule has 1 aromatic carbocycles. The molecule has 0 unspecified atom stereocenters. The summed E-state index contributed by atoms with van der Waals surface area (Å²) in [6.45, 7) is 0.426. The fourth-order valence-corrected chi connectivity index (χ4v) is 2.73. The Morgan fingerprint density at radius 1 is 1.36 bits per heavy atom. The van der Waals surface area contributed by atoms with Crippen molar-refractivity contribution in [3.8, 4) is 5.75 Å². The molecule has 0 spiro atoms. The highest BCUT2D eigenvalue weighted by Gasteiger charge is 2.30. The Morgan fingerprint density at radius 3 is 2.88 bits per heavy atom. The van der Waals surface area contributed by atoms with Crippen LogP contribution in [0, 0.1) is 0 Å². The third-order valence-electron chi connectivity index (χ3n) is 3.93. The van der Waals surface area contributed by atoms with Gasteiger partial charge in [0, 0.05) is 19.4 Å². The van der Waals surface area contributed by atoms with Gasteiger partial charge in [-0.25, -0.2) is 4.79 Å². The Morgan fingerprint density at radius 2 is 2.16 bits per heavy atom. The number of carboxylic acid groups (broad SMARTS) is 1. The first-order valence-electron chi connectivity index (χ1n) is 7.66. The van der Waals surface area contributed by atoms with Crippen molar-refractivity contribution in [2.75, 3.05) is 6.54 Å². The molecule has 0 saturated carbocycles. The third-order valence-corrected chi connectivity index (χ3v) is 3.93. The minimum atomic E-state index is -1.22. The fraction of sp³-hybridized carbons (Fsp3) is 0.235. The number of hydrogen-bond acceptors (Lipinski definition) is 5. The predicted molar refractivity (Wildman–Crippen MR) is 85.4 cm³/mol. The average molecular weight is 344 g/mol. The molecule has 1 aromatic heterocycles. The van der Waals surface area contributed by atoms with Crippen LogP contribution in [-0.2, 0) is 17.6 Å². The van der Waals surface area contributed by atoms with E-state index in [1.54, 1.807) is 12.1 Å². The lowest BCUT2D eigenvalue weighted by Crippen LogP contribution is -2.43. The largest absolute Gasteiger partial charge is 0.508 e. The fourth-order valence-electron chi connectivity index (χ4n) is 2.73. The Kier molecular flexibility index (Phi) is 4.42. The van der Waals surface area contributed by atoms with Crippen molar-refractivity contribution in [1.29, 1.82) is 0 Å². The highest BCUT2D eigenvalue weighted by molar-refractivity contribution is 6.08. The number of nitrogens with one attached hydrogen (secondary N) is 2. The van der Waals surface area contributed by atoms with E-state index in [4.69, 9.17) is 4.42 Å². The van der Waals surface area contributed by atoms with Crippen molar-refractivity contribution >= 4 is 17.8 Å². The van der Waals surface area contributed by atoms with E-state index in [-0.39, 0.29) is 23.3 Å². The second kappa shape index (κ2) is 6.68. The minimum Gasteiger partial charge on any atom is -0.508 e. The van der Waals surface area contributed by atoms with Gasteiger partial charge in [0.1, 0.15) is 23.8 Å². The van der Waals surface area contributed by atoms with Crippen molar-refractivity contribution in [3.05, 3.63) is 53.0 Å². The number of amides is 2. The van der Waals surface area contributed by atoms with Crippen molar-refractivity contribution in [1.82, 2.24) is 10.6 Å². The maximum Gasteiger partial charge on any atom is 0.326 e. The summed E-state index contributed by atoms with van der Waals surface area (Å²) in [7, 11) is 0. The Balaban J connectivity index is 1.79. The number of benzene rings is 1. The van der Waals surface area contributed by atoms with E-state index in [0.717, 1.165) is 6.26 Å². The number of hydrogen-bond donors (Lipinski definition) is 4. The van der Waals surface area contributed by atoms with Crippen molar-refractivity contribution < 1.29 is 29.0 Å². The van der Waals surface area contributed by atoms with Gasteiger partial charge < -0.3 is 25.3 Å². The van der Waals surface area contributed by atoms with Gasteiger partial charge in [0.05, 0.1) is 11.1 Å². The van der Waals surface area contributed by atoms with Gasteiger partial charge in [-0.1, -0.05) is 12.1 Å². The van der Waals surface area contributed by atoms with E-state index in [2.05, 4.69) is 10.6 Å². The summed E-state index contributed by atoms with van der Waals surface area (Å²) in [5.74, 6) is -1.92. The van der Waals surface area contributed by atoms with Crippen LogP contribution < -0.4 is 10.6 Å². The lowest BCUT2D eigenvalue weighted by Gasteiger charge is -2.16. The van der Waals surface area contributed by atoms with Gasteiger partial charge in [-0.3, -0.25) is 9.59 Å². The van der Waals surface area contributed by atoms with Crippen LogP contribution in [0.15, 0.2) is 34.9 Å². The number of aromatic hydroxyl groups is 1. The van der Waals surface area contributed by atoms with Gasteiger partial charge in [-0.2, -0.15) is 0 Å². The Hall–Kier alpha value is -3.29. The first-order valence-corrected chi connectivity index (χ1v) is 7.66. The number of rotatable bonds is 5. The van der Waals surface area contributed by atoms with Crippen LogP contribution in [0.1, 0.15) is 32.0 Å². The normalized spacial score (nSPS) is 14.3. The number of carbonyl (C=O) groups excluding carboxylic acids is 2. The van der Waals surface area contributed by atoms with Crippen LogP contribution in [0.3, 0.4) is 0 Å². The van der Waals surface area contributed by atoms with Crippen molar-refractivity contribution in [2.45, 2.75) is 18.9 Å². The first-order chi connectivity index (χ1) is 12.0. The monoisotopic (exact) mass is 344 g/mol. The smallest absolute Gasteiger partial charge is 0.326 e. The topological polar surface area (TPSA) is 129 Å². The molecule has 0 radical (unpaired) electrons. The van der Waals surface area contributed by atoms with Crippen LogP contribution in [-0.4, -0.2) is 40.6 Å². The zero-order chi connectivity index (χ0) is 18.0. The van der Waals surface area contributed by atoms with Gasteiger partial charge in [-0.05, 0) is 17.7 Å². The molecule has 0 aliphatic carbocycles. The summed E-state index contributed by atoms with van der Waals surface area (Å²) in [5.41, 5.74) is 0.708. The molecule has 2 heterocycles. The average Bonchev–Trinajstić information content (AvgIpc) is 3.00. The number of carbonyl (C=O) groups is 3. The number of phenolic OH excluding ortho intramolecular Hbond substituents is 1. The van der Waals surface area contributed by atoms with Gasteiger partial charge in [-0.15, -0.1) is 0 Å². The SMILES string of the molecule is O=C(N[C@H](Cc1cccc(O)c1)C(=O)O)c1coc2c1C(=O)NCC2. The number of phenols is 1. The van der Waals surface area contributed by atoms with Crippen LogP contribution in [0.2, 0.25) is 0 Å². The molecule has 4 N–H and O–H groups in total. The Bertz CT molecular complexity index is 841. The highest BCUT2D eigenvalue weighted by atomic mass is 16.4. The summed E-state index contributed by atoms with van der Waals surface area (Å²) < 4.78 is 5.25. The molecule has 3 rings (SSSR count). The number of furan rings is 1. The van der Waals surface area contributed by atoms with Crippen molar-refractivity contribution in [2.24, 2.45) is 0 Å². The van der Waals surface area contributed by atoms with E-state index in [9.17, 15) is 24.6 Å². The first kappa shape index (κ1) is 16.6. The quantitative estimate of drug-likeness (QED) is 0.632. The van der Waals surface area contributed by atoms with Gasteiger partial charge >= 0.3 is 5.97 Å². The second-order valence-electron chi connectivity index (χ2n) is 5.69. The maximum atomic E-state index is 12.4. The summed E-state index contributed by atoms with van der Waals surface area (Å²) in [6.07, 6.45) is 1.62. The van der Waals surface area contributed by atoms with Crippen LogP contribution in [0.4, 0.5) is 0 Å². The van der Waals surface area contributed by atoms with E-state index in [1.165, 1.54) is 12.1 Å². The zero-order valence-corrected chi connectivity index (χ0v) is 13.1. The molecule has 130 valence electrons. The standard InChI is InChI=1S/C17H16N2O6/c20-10-3-1-2-9(6-10)7-12(17(23)24)19-15(21)11-8-25-13-4-5-18-16(22)14(11)13/h1-3,6,8,12,20H,4-5,7H2,(H,18,22)(H,19,21)(H,23,24)/t12-/m1/s1. The zero-order valence-electron chi connectivity index (χ0n) is 13.1. The minimum absolute atomic E-state index is 0.00791. The summed E-state index contributed by atoms with van der Waals surface area (Å²) in [5, 5.41) is 23.8. The molecule has 2 aromatic rings. The number of carboxylic acids is 1. The van der Waals surface area contributed by atoms with Gasteiger partial charge in [0.15, 0.2) is 0 Å². The number of fused-ring (bicyclic) bond motifs is 1. The second-order valence-corrected chi connectivity index (χ2v) is 5.69. The molecule has 0 saturated heterocycles. The molecule has 2 amide bonds. The summed E-state index contributed by atoms with van der Waals surface area (Å²) in [4.78, 5) is 35.8. The molecule has 0 fully saturated rings. The molecule has 1 aliphatic rings. The molecular weight excluding hydrogens is 328 g/mol. The summed E-state index contributed by atoms with van der Waals surface area (Å²) >= 11 is 0. The predicted octanol–water partition coefficient (Wildman–Crippen LogP) is 0.697. The van der Waals surface area contributed by atoms with E-state index >= 15 is 0 Å². The lowest BCUT2D eigenvalue weighted by atomic mass is 10.0. The molecule has 8 heteroatoms. The molecule has 25 heavy (non-hydrogen) atoms. The highest BCUT2D eigenvalue weighted by Crippen LogP contribution is 2.21. The number of aliphatic carboxylic acids is 1. The van der Waals surface area contributed by atoms with Crippen molar-refractivity contribution in [3.63, 3.8) is 0 Å². The van der Waals surface area contributed by atoms with Gasteiger partial charge in [0.25, 0.3) is 11.8 Å². The summed E-state index contributed by atoms with van der Waals surface area (Å²) in [6, 6.07) is 4.91. The molecule has 1 aliphatic heterocycles. The molecule has 8 nitrogen and oxygen atoms in total. The van der Waals surface area contributed by atoms with E-state index in [1.807, 2.05) is 0 Å². The van der Waals surface area contributed by atoms with E-state index in [0.29, 0.717) is 24.3 Å². The van der Waals surface area contributed by atoms with Crippen LogP contribution >= 0.6 is 0 Å². The van der Waals surface area contributed by atoms with Crippen LogP contribution in [0.25, 0.3) is 0 Å². The Labute approximate surface area is 142 Å². The molecule has 0 bridgehead atoms. The maximum absolute atomic E-state index is 12.4.